The summed E-state index contributed by atoms with van der Waals surface area (Å²) in [7, 11) is 1.71. The first-order chi connectivity index (χ1) is 12.7. The Kier molecular flexibility index (Phi) is 10.2. The van der Waals surface area contributed by atoms with Crippen LogP contribution in [-0.4, -0.2) is 30.2 Å². The number of anilines is 1. The Morgan fingerprint density at radius 2 is 1.85 bits per heavy atom. The molecule has 0 aliphatic rings. The van der Waals surface area contributed by atoms with Crippen LogP contribution < -0.4 is 14.8 Å². The maximum Gasteiger partial charge on any atom is 0.179 e. The van der Waals surface area contributed by atoms with Crippen LogP contribution in [0.1, 0.15) is 57.5 Å². The van der Waals surface area contributed by atoms with Crippen LogP contribution in [0.25, 0.3) is 0 Å². The molecular formula is C22H35N3O2. The molecular weight excluding hydrogens is 338 g/mol. The van der Waals surface area contributed by atoms with E-state index in [1.54, 1.807) is 13.3 Å². The smallest absolute Gasteiger partial charge is 0.179 e. The van der Waals surface area contributed by atoms with Gasteiger partial charge in [-0.25, -0.2) is 9.97 Å². The molecule has 0 aliphatic carbocycles. The van der Waals surface area contributed by atoms with E-state index in [0.29, 0.717) is 6.61 Å². The van der Waals surface area contributed by atoms with Gasteiger partial charge in [-0.2, -0.15) is 0 Å². The summed E-state index contributed by atoms with van der Waals surface area (Å²) in [5, 5.41) is 3.35. The van der Waals surface area contributed by atoms with Gasteiger partial charge in [0, 0.05) is 6.54 Å². The number of ether oxygens (including phenoxy) is 2. The molecule has 0 aliphatic heterocycles. The van der Waals surface area contributed by atoms with Gasteiger partial charge in [0.1, 0.15) is 11.6 Å². The molecule has 150 valence electrons. The average Bonchev–Trinajstić information content (AvgIpc) is 2.66. The lowest BCUT2D eigenvalue weighted by atomic mass is 10.0. The van der Waals surface area contributed by atoms with E-state index in [-0.39, 0.29) is 7.43 Å². The second kappa shape index (κ2) is 12.2. The van der Waals surface area contributed by atoms with Crippen LogP contribution in [0.4, 0.5) is 5.82 Å². The number of nitrogens with zero attached hydrogens (tertiary/aromatic N) is 2. The van der Waals surface area contributed by atoms with Crippen molar-refractivity contribution in [2.24, 2.45) is 0 Å². The van der Waals surface area contributed by atoms with Gasteiger partial charge in [0.25, 0.3) is 0 Å². The summed E-state index contributed by atoms with van der Waals surface area (Å²) < 4.78 is 11.3. The number of rotatable bonds is 11. The van der Waals surface area contributed by atoms with E-state index in [2.05, 4.69) is 47.3 Å². The standard InChI is InChI=1S/C21H31N3O2.CH4/c1-5-7-10-22-21-20(15-23-16(3)24-21)26-11-8-9-18-12-17(6-2)13-19(14-18)25-4;/h12-15H,5-11H2,1-4H3,(H,22,23,24);1H4. The molecule has 2 aromatic rings. The summed E-state index contributed by atoms with van der Waals surface area (Å²) in [5.41, 5.74) is 2.58. The van der Waals surface area contributed by atoms with Gasteiger partial charge in [0.05, 0.1) is 19.9 Å². The maximum atomic E-state index is 5.94. The molecule has 1 aromatic carbocycles. The van der Waals surface area contributed by atoms with Crippen molar-refractivity contribution in [3.05, 3.63) is 41.3 Å². The van der Waals surface area contributed by atoms with Crippen molar-refractivity contribution in [1.29, 1.82) is 0 Å². The lowest BCUT2D eigenvalue weighted by molar-refractivity contribution is 0.309. The van der Waals surface area contributed by atoms with Gasteiger partial charge >= 0.3 is 0 Å². The minimum atomic E-state index is 0. The van der Waals surface area contributed by atoms with Gasteiger partial charge in [-0.05, 0) is 55.9 Å². The minimum absolute atomic E-state index is 0. The molecule has 0 saturated carbocycles. The SMILES string of the molecule is C.CCCCNc1nc(C)ncc1OCCCc1cc(CC)cc(OC)c1. The van der Waals surface area contributed by atoms with Crippen molar-refractivity contribution in [2.75, 3.05) is 25.6 Å². The fourth-order valence-corrected chi connectivity index (χ4v) is 2.73. The zero-order valence-electron chi connectivity index (χ0n) is 16.5. The van der Waals surface area contributed by atoms with Crippen molar-refractivity contribution in [3.63, 3.8) is 0 Å². The molecule has 0 saturated heterocycles. The quantitative estimate of drug-likeness (QED) is 0.548. The predicted molar refractivity (Wildman–Crippen MR) is 113 cm³/mol. The largest absolute Gasteiger partial charge is 0.497 e. The van der Waals surface area contributed by atoms with E-state index >= 15 is 0 Å². The van der Waals surface area contributed by atoms with Gasteiger partial charge in [-0.15, -0.1) is 0 Å². The second-order valence-electron chi connectivity index (χ2n) is 6.41. The zero-order valence-corrected chi connectivity index (χ0v) is 16.5. The normalized spacial score (nSPS) is 10.2. The molecule has 0 fully saturated rings. The van der Waals surface area contributed by atoms with Crippen molar-refractivity contribution in [2.45, 2.75) is 60.3 Å². The Morgan fingerprint density at radius 3 is 2.56 bits per heavy atom. The zero-order chi connectivity index (χ0) is 18.8. The van der Waals surface area contributed by atoms with Crippen LogP contribution in [0.2, 0.25) is 0 Å². The fraction of sp³-hybridized carbons (Fsp3) is 0.545. The molecule has 0 amide bonds. The molecule has 5 nitrogen and oxygen atoms in total. The molecule has 0 radical (unpaired) electrons. The summed E-state index contributed by atoms with van der Waals surface area (Å²) in [5.74, 6) is 3.20. The first-order valence-electron chi connectivity index (χ1n) is 9.53. The summed E-state index contributed by atoms with van der Waals surface area (Å²) >= 11 is 0. The van der Waals surface area contributed by atoms with Crippen LogP contribution in [0.5, 0.6) is 11.5 Å². The van der Waals surface area contributed by atoms with Crippen LogP contribution >= 0.6 is 0 Å². The van der Waals surface area contributed by atoms with Crippen molar-refractivity contribution in [1.82, 2.24) is 9.97 Å². The Labute approximate surface area is 164 Å². The Balaban J connectivity index is 0.00000364. The molecule has 1 N–H and O–H groups in total. The van der Waals surface area contributed by atoms with E-state index in [9.17, 15) is 0 Å². The average molecular weight is 374 g/mol. The molecule has 0 atom stereocenters. The number of benzene rings is 1. The Bertz CT molecular complexity index is 667. The number of methoxy groups -OCH3 is 1. The molecule has 27 heavy (non-hydrogen) atoms. The van der Waals surface area contributed by atoms with E-state index in [0.717, 1.165) is 61.8 Å². The fourth-order valence-electron chi connectivity index (χ4n) is 2.73. The van der Waals surface area contributed by atoms with Crippen LogP contribution in [0.15, 0.2) is 24.4 Å². The lowest BCUT2D eigenvalue weighted by Gasteiger charge is -2.13. The number of aryl methyl sites for hydroxylation is 3. The maximum absolute atomic E-state index is 5.94. The highest BCUT2D eigenvalue weighted by molar-refractivity contribution is 5.48. The summed E-state index contributed by atoms with van der Waals surface area (Å²) in [4.78, 5) is 8.72. The van der Waals surface area contributed by atoms with Gasteiger partial charge < -0.3 is 14.8 Å². The molecule has 1 aromatic heterocycles. The predicted octanol–water partition coefficient (Wildman–Crippen LogP) is 5.22. The third-order valence-electron chi connectivity index (χ3n) is 4.24. The van der Waals surface area contributed by atoms with Gasteiger partial charge in [-0.3, -0.25) is 0 Å². The molecule has 0 unspecified atom stereocenters. The highest BCUT2D eigenvalue weighted by Crippen LogP contribution is 2.22. The Morgan fingerprint density at radius 1 is 1.07 bits per heavy atom. The topological polar surface area (TPSA) is 56.3 Å². The van der Waals surface area contributed by atoms with E-state index in [4.69, 9.17) is 9.47 Å². The number of unbranched alkanes of at least 4 members (excludes halogenated alkanes) is 1. The molecule has 1 heterocycles. The number of hydrogen-bond acceptors (Lipinski definition) is 5. The highest BCUT2D eigenvalue weighted by atomic mass is 16.5. The van der Waals surface area contributed by atoms with Crippen LogP contribution in [0, 0.1) is 6.92 Å². The van der Waals surface area contributed by atoms with Crippen molar-refractivity contribution < 1.29 is 9.47 Å². The first-order valence-corrected chi connectivity index (χ1v) is 9.53. The summed E-state index contributed by atoms with van der Waals surface area (Å²) in [6.45, 7) is 7.75. The lowest BCUT2D eigenvalue weighted by Crippen LogP contribution is -2.08. The number of hydrogen-bond donors (Lipinski definition) is 1. The van der Waals surface area contributed by atoms with Crippen LogP contribution in [0.3, 0.4) is 0 Å². The third kappa shape index (κ3) is 7.45. The van der Waals surface area contributed by atoms with E-state index in [1.165, 1.54) is 11.1 Å². The molecule has 5 heteroatoms. The number of aromatic nitrogens is 2. The Hall–Kier alpha value is -2.30. The summed E-state index contributed by atoms with van der Waals surface area (Å²) in [6.07, 6.45) is 6.91. The van der Waals surface area contributed by atoms with E-state index < -0.39 is 0 Å². The van der Waals surface area contributed by atoms with Crippen LogP contribution in [-0.2, 0) is 12.8 Å². The summed E-state index contributed by atoms with van der Waals surface area (Å²) in [6, 6.07) is 6.44. The molecule has 0 bridgehead atoms. The molecule has 2 rings (SSSR count). The van der Waals surface area contributed by atoms with Gasteiger partial charge in [0.2, 0.25) is 0 Å². The van der Waals surface area contributed by atoms with Gasteiger partial charge in [0.15, 0.2) is 11.6 Å². The highest BCUT2D eigenvalue weighted by Gasteiger charge is 2.07. The van der Waals surface area contributed by atoms with E-state index in [1.807, 2.05) is 6.92 Å². The van der Waals surface area contributed by atoms with Crippen molar-refractivity contribution >= 4 is 5.82 Å². The first kappa shape index (κ1) is 22.7. The second-order valence-corrected chi connectivity index (χ2v) is 6.41. The number of nitrogens with one attached hydrogen (secondary N) is 1. The minimum Gasteiger partial charge on any atom is -0.497 e. The monoisotopic (exact) mass is 373 g/mol. The third-order valence-corrected chi connectivity index (χ3v) is 4.24. The van der Waals surface area contributed by atoms with Gasteiger partial charge in [-0.1, -0.05) is 33.8 Å². The van der Waals surface area contributed by atoms with Crippen molar-refractivity contribution in [3.8, 4) is 11.5 Å². The molecule has 0 spiro atoms.